The highest BCUT2D eigenvalue weighted by Gasteiger charge is 2.34. The zero-order valence-electron chi connectivity index (χ0n) is 26.2. The second kappa shape index (κ2) is 12.4. The maximum Gasteiger partial charge on any atom is 0.339 e. The predicted molar refractivity (Wildman–Crippen MR) is 177 cm³/mol. The molecule has 10 nitrogen and oxygen atoms in total. The molecule has 2 aliphatic rings. The van der Waals surface area contributed by atoms with Gasteiger partial charge < -0.3 is 34.1 Å². The number of rotatable bonds is 6. The highest BCUT2D eigenvalue weighted by atomic mass is 35.5. The number of hydrogen-bond acceptors (Lipinski definition) is 7. The third-order valence-electron chi connectivity index (χ3n) is 8.19. The van der Waals surface area contributed by atoms with Crippen molar-refractivity contribution in [3.8, 4) is 28.0 Å². The highest BCUT2D eigenvalue weighted by molar-refractivity contribution is 6.37. The largest absolute Gasteiger partial charge is 0.490 e. The van der Waals surface area contributed by atoms with Crippen molar-refractivity contribution in [2.45, 2.75) is 32.5 Å². The van der Waals surface area contributed by atoms with E-state index in [9.17, 15) is 19.5 Å². The number of carbonyl (C=O) groups is 2. The molecule has 3 aromatic carbocycles. The molecule has 1 saturated heterocycles. The van der Waals surface area contributed by atoms with E-state index in [1.54, 1.807) is 63.1 Å². The number of halogens is 1. The van der Waals surface area contributed by atoms with Gasteiger partial charge in [0.1, 0.15) is 12.4 Å². The standard InChI is InChI=1S/C35H36ClN3O7/c1-35(2,3)46-31(34(42)43)30-26(24-12-13-25-29(28(24)36)37-14-17-45-25)23-7-5-6-22(27(23)33(41)38(30)4)20-8-10-21(11-9-20)32(40)39-15-18-44-19-16-39/h5-13,31,37H,14-19H2,1-4H3,(H,42,43)/t31-/m1/s1. The third-order valence-corrected chi connectivity index (χ3v) is 8.58. The van der Waals surface area contributed by atoms with Gasteiger partial charge in [0.25, 0.3) is 11.5 Å². The number of nitrogens with zero attached hydrogens (tertiary/aromatic N) is 2. The highest BCUT2D eigenvalue weighted by Crippen LogP contribution is 2.46. The number of aromatic nitrogens is 1. The van der Waals surface area contributed by atoms with Crippen LogP contribution < -0.4 is 15.6 Å². The van der Waals surface area contributed by atoms with Gasteiger partial charge in [0.2, 0.25) is 0 Å². The molecule has 0 radical (unpaired) electrons. The SMILES string of the molecule is Cn1c([C@@H](OC(C)(C)C)C(=O)O)c(-c2ccc3c(c2Cl)NCCO3)c2cccc(-c3ccc(C(=O)N4CCOCC4)cc3)c2c1=O. The van der Waals surface area contributed by atoms with Crippen LogP contribution in [0.5, 0.6) is 5.75 Å². The third kappa shape index (κ3) is 5.84. The van der Waals surface area contributed by atoms with Crippen LogP contribution in [0.15, 0.2) is 59.4 Å². The number of carbonyl (C=O) groups excluding carboxylic acids is 1. The number of amides is 1. The van der Waals surface area contributed by atoms with Crippen molar-refractivity contribution in [1.82, 2.24) is 9.47 Å². The molecule has 6 rings (SSSR count). The van der Waals surface area contributed by atoms with Crippen molar-refractivity contribution < 1.29 is 28.9 Å². The average molecular weight is 646 g/mol. The summed E-state index contributed by atoms with van der Waals surface area (Å²) < 4.78 is 18.6. The van der Waals surface area contributed by atoms with Gasteiger partial charge in [-0.15, -0.1) is 0 Å². The van der Waals surface area contributed by atoms with Crippen molar-refractivity contribution in [2.24, 2.45) is 7.05 Å². The van der Waals surface area contributed by atoms with Crippen LogP contribution in [0.3, 0.4) is 0 Å². The van der Waals surface area contributed by atoms with Gasteiger partial charge in [0.15, 0.2) is 6.10 Å². The first-order valence-electron chi connectivity index (χ1n) is 15.2. The Balaban J connectivity index is 1.59. The Kier molecular flexibility index (Phi) is 8.54. The second-order valence-corrected chi connectivity index (χ2v) is 12.7. The zero-order chi connectivity index (χ0) is 32.7. The van der Waals surface area contributed by atoms with Crippen molar-refractivity contribution in [3.05, 3.63) is 81.2 Å². The molecule has 1 amide bonds. The minimum atomic E-state index is -1.48. The molecular weight excluding hydrogens is 610 g/mol. The molecule has 0 unspecified atom stereocenters. The van der Waals surface area contributed by atoms with Gasteiger partial charge >= 0.3 is 5.97 Å². The number of nitrogens with one attached hydrogen (secondary N) is 1. The summed E-state index contributed by atoms with van der Waals surface area (Å²) in [7, 11) is 1.55. The van der Waals surface area contributed by atoms with Gasteiger partial charge in [-0.2, -0.15) is 0 Å². The monoisotopic (exact) mass is 645 g/mol. The molecule has 4 aromatic rings. The molecule has 0 saturated carbocycles. The molecule has 2 aliphatic heterocycles. The van der Waals surface area contributed by atoms with Crippen LogP contribution in [-0.2, 0) is 21.3 Å². The van der Waals surface area contributed by atoms with E-state index in [4.69, 9.17) is 25.8 Å². The van der Waals surface area contributed by atoms with Crippen molar-refractivity contribution in [3.63, 3.8) is 0 Å². The number of benzene rings is 3. The smallest absolute Gasteiger partial charge is 0.339 e. The van der Waals surface area contributed by atoms with Crippen LogP contribution >= 0.6 is 11.6 Å². The first-order valence-corrected chi connectivity index (χ1v) is 15.6. The lowest BCUT2D eigenvalue weighted by molar-refractivity contribution is -0.161. The minimum Gasteiger partial charge on any atom is -0.490 e. The number of fused-ring (bicyclic) bond motifs is 2. The molecule has 1 aromatic heterocycles. The van der Waals surface area contributed by atoms with Crippen LogP contribution in [0.4, 0.5) is 5.69 Å². The molecule has 0 spiro atoms. The Morgan fingerprint density at radius 2 is 1.72 bits per heavy atom. The van der Waals surface area contributed by atoms with E-state index >= 15 is 0 Å². The summed E-state index contributed by atoms with van der Waals surface area (Å²) >= 11 is 7.05. The van der Waals surface area contributed by atoms with E-state index in [1.807, 2.05) is 24.3 Å². The summed E-state index contributed by atoms with van der Waals surface area (Å²) in [6.07, 6.45) is -1.48. The Morgan fingerprint density at radius 1 is 1.00 bits per heavy atom. The summed E-state index contributed by atoms with van der Waals surface area (Å²) in [6.45, 7) is 8.42. The summed E-state index contributed by atoms with van der Waals surface area (Å²) in [6, 6.07) is 16.2. The Labute approximate surface area is 271 Å². The molecule has 2 N–H and O–H groups in total. The van der Waals surface area contributed by atoms with Gasteiger partial charge in [-0.1, -0.05) is 41.9 Å². The number of hydrogen-bond donors (Lipinski definition) is 2. The van der Waals surface area contributed by atoms with Crippen LogP contribution in [0.25, 0.3) is 33.0 Å². The molecule has 11 heteroatoms. The topological polar surface area (TPSA) is 119 Å². The van der Waals surface area contributed by atoms with Crippen LogP contribution in [0, 0.1) is 0 Å². The molecule has 46 heavy (non-hydrogen) atoms. The second-order valence-electron chi connectivity index (χ2n) is 12.4. The van der Waals surface area contributed by atoms with E-state index in [-0.39, 0.29) is 11.6 Å². The fraction of sp³-hybridized carbons (Fsp3) is 0.343. The molecule has 240 valence electrons. The maximum atomic E-state index is 14.3. The van der Waals surface area contributed by atoms with Crippen LogP contribution in [0.1, 0.15) is 42.9 Å². The Morgan fingerprint density at radius 3 is 2.39 bits per heavy atom. The van der Waals surface area contributed by atoms with Gasteiger partial charge in [0, 0.05) is 43.4 Å². The number of anilines is 1. The van der Waals surface area contributed by atoms with Gasteiger partial charge in [-0.05, 0) is 61.5 Å². The fourth-order valence-corrected chi connectivity index (χ4v) is 6.41. The van der Waals surface area contributed by atoms with Crippen LogP contribution in [-0.4, -0.2) is 71.5 Å². The lowest BCUT2D eigenvalue weighted by atomic mass is 9.90. The summed E-state index contributed by atoms with van der Waals surface area (Å²) in [5.41, 5.74) is 2.43. The molecule has 0 aliphatic carbocycles. The zero-order valence-corrected chi connectivity index (χ0v) is 26.9. The first kappa shape index (κ1) is 31.6. The molecule has 0 bridgehead atoms. The maximum absolute atomic E-state index is 14.3. The van der Waals surface area contributed by atoms with Gasteiger partial charge in [-0.25, -0.2) is 4.79 Å². The number of pyridine rings is 1. The summed E-state index contributed by atoms with van der Waals surface area (Å²) in [4.78, 5) is 42.0. The van der Waals surface area contributed by atoms with Crippen molar-refractivity contribution >= 4 is 39.9 Å². The molecule has 1 fully saturated rings. The van der Waals surface area contributed by atoms with E-state index in [0.717, 1.165) is 5.56 Å². The summed E-state index contributed by atoms with van der Waals surface area (Å²) in [5.74, 6) is -0.727. The van der Waals surface area contributed by atoms with Crippen molar-refractivity contribution in [1.29, 1.82) is 0 Å². The first-order chi connectivity index (χ1) is 22.0. The van der Waals surface area contributed by atoms with Crippen LogP contribution in [0.2, 0.25) is 5.02 Å². The number of ether oxygens (including phenoxy) is 3. The number of aliphatic carboxylic acids is 1. The number of carboxylic acids is 1. The Bertz CT molecular complexity index is 1890. The lowest BCUT2D eigenvalue weighted by Crippen LogP contribution is -2.40. The normalized spacial score (nSPS) is 15.5. The van der Waals surface area contributed by atoms with E-state index in [1.165, 1.54) is 4.57 Å². The molecular formula is C35H36ClN3O7. The average Bonchev–Trinajstić information content (AvgIpc) is 3.05. The van der Waals surface area contributed by atoms with E-state index in [2.05, 4.69) is 5.32 Å². The van der Waals surface area contributed by atoms with Gasteiger partial charge in [-0.3, -0.25) is 9.59 Å². The molecule has 3 heterocycles. The Hall–Kier alpha value is -4.38. The lowest BCUT2D eigenvalue weighted by Gasteiger charge is -2.29. The summed E-state index contributed by atoms with van der Waals surface area (Å²) in [5, 5.41) is 15.0. The quantitative estimate of drug-likeness (QED) is 0.272. The fourth-order valence-electron chi connectivity index (χ4n) is 6.10. The minimum absolute atomic E-state index is 0.0752. The number of carboxylic acid groups (broad SMARTS) is 1. The number of morpholine rings is 1. The van der Waals surface area contributed by atoms with Gasteiger partial charge in [0.05, 0.1) is 40.6 Å². The predicted octanol–water partition coefficient (Wildman–Crippen LogP) is 5.74. The molecule has 1 atom stereocenters. The van der Waals surface area contributed by atoms with E-state index in [0.29, 0.717) is 88.9 Å². The van der Waals surface area contributed by atoms with E-state index < -0.39 is 23.2 Å². The van der Waals surface area contributed by atoms with Crippen molar-refractivity contribution in [2.75, 3.05) is 44.8 Å².